The Balaban J connectivity index is 1.71. The van der Waals surface area contributed by atoms with E-state index in [1.165, 1.54) is 12.1 Å². The van der Waals surface area contributed by atoms with E-state index in [4.69, 9.17) is 9.47 Å². The average molecular weight is 329 g/mol. The molecule has 1 aliphatic carbocycles. The largest absolute Gasteiger partial charge is 0.497 e. The summed E-state index contributed by atoms with van der Waals surface area (Å²) in [4.78, 5) is 12.6. The Morgan fingerprint density at radius 2 is 1.83 bits per heavy atom. The first-order valence-corrected chi connectivity index (χ1v) is 7.84. The third-order valence-electron chi connectivity index (χ3n) is 4.52. The zero-order valence-electron chi connectivity index (χ0n) is 13.8. The summed E-state index contributed by atoms with van der Waals surface area (Å²) in [6.07, 6.45) is 1.56. The van der Waals surface area contributed by atoms with Crippen molar-refractivity contribution in [3.8, 4) is 11.5 Å². The molecule has 1 amide bonds. The molecule has 5 heteroatoms. The van der Waals surface area contributed by atoms with Gasteiger partial charge < -0.3 is 14.8 Å². The number of ether oxygens (including phenoxy) is 2. The van der Waals surface area contributed by atoms with E-state index in [1.54, 1.807) is 32.4 Å². The number of hydrogen-bond donors (Lipinski definition) is 1. The Kier molecular flexibility index (Phi) is 4.42. The van der Waals surface area contributed by atoms with E-state index < -0.39 is 5.41 Å². The van der Waals surface area contributed by atoms with Crippen LogP contribution in [-0.4, -0.2) is 20.1 Å². The van der Waals surface area contributed by atoms with Gasteiger partial charge in [0.15, 0.2) is 0 Å². The first kappa shape index (κ1) is 16.3. The van der Waals surface area contributed by atoms with Crippen LogP contribution in [0.25, 0.3) is 0 Å². The summed E-state index contributed by atoms with van der Waals surface area (Å²) >= 11 is 0. The van der Waals surface area contributed by atoms with Crippen molar-refractivity contribution in [2.75, 3.05) is 14.2 Å². The number of carbonyl (C=O) groups excluding carboxylic acids is 1. The van der Waals surface area contributed by atoms with Gasteiger partial charge in [0.1, 0.15) is 17.3 Å². The Morgan fingerprint density at radius 3 is 2.42 bits per heavy atom. The highest BCUT2D eigenvalue weighted by atomic mass is 19.1. The van der Waals surface area contributed by atoms with Crippen molar-refractivity contribution in [1.82, 2.24) is 5.32 Å². The van der Waals surface area contributed by atoms with Gasteiger partial charge in [-0.1, -0.05) is 12.1 Å². The third-order valence-corrected chi connectivity index (χ3v) is 4.52. The lowest BCUT2D eigenvalue weighted by molar-refractivity contribution is -0.123. The quantitative estimate of drug-likeness (QED) is 0.885. The van der Waals surface area contributed by atoms with E-state index in [9.17, 15) is 9.18 Å². The van der Waals surface area contributed by atoms with Gasteiger partial charge in [0.05, 0.1) is 19.6 Å². The third kappa shape index (κ3) is 3.07. The lowest BCUT2D eigenvalue weighted by Crippen LogP contribution is -2.34. The van der Waals surface area contributed by atoms with Crippen LogP contribution < -0.4 is 14.8 Å². The number of methoxy groups -OCH3 is 2. The highest BCUT2D eigenvalue weighted by molar-refractivity contribution is 5.91. The molecule has 0 aromatic heterocycles. The molecule has 0 atom stereocenters. The summed E-state index contributed by atoms with van der Waals surface area (Å²) in [5.74, 6) is 1.04. The highest BCUT2D eigenvalue weighted by Crippen LogP contribution is 2.48. The number of amides is 1. The van der Waals surface area contributed by atoms with Gasteiger partial charge >= 0.3 is 0 Å². The van der Waals surface area contributed by atoms with Crippen LogP contribution in [0.5, 0.6) is 11.5 Å². The van der Waals surface area contributed by atoms with Gasteiger partial charge in [-0.3, -0.25) is 4.79 Å². The number of carbonyl (C=O) groups is 1. The zero-order valence-corrected chi connectivity index (χ0v) is 13.8. The molecule has 24 heavy (non-hydrogen) atoms. The van der Waals surface area contributed by atoms with Crippen LogP contribution in [0.4, 0.5) is 4.39 Å². The van der Waals surface area contributed by atoms with Crippen molar-refractivity contribution >= 4 is 5.91 Å². The maximum atomic E-state index is 13.1. The predicted molar refractivity (Wildman–Crippen MR) is 88.7 cm³/mol. The normalized spacial score (nSPS) is 14.8. The summed E-state index contributed by atoms with van der Waals surface area (Å²) in [5.41, 5.74) is 1.22. The summed E-state index contributed by atoms with van der Waals surface area (Å²) in [6, 6.07) is 11.7. The van der Waals surface area contributed by atoms with Gasteiger partial charge in [0.25, 0.3) is 0 Å². The molecule has 1 aliphatic rings. The van der Waals surface area contributed by atoms with E-state index in [1.807, 2.05) is 12.1 Å². The van der Waals surface area contributed by atoms with E-state index in [-0.39, 0.29) is 11.7 Å². The molecule has 2 aromatic rings. The fourth-order valence-electron chi connectivity index (χ4n) is 2.88. The Bertz CT molecular complexity index is 739. The number of rotatable bonds is 6. The van der Waals surface area contributed by atoms with Crippen molar-refractivity contribution in [2.24, 2.45) is 0 Å². The SMILES string of the molecule is COc1ccc(CNC(=O)C2(c3ccc(F)cc3)CC2)c(OC)c1. The number of hydrogen-bond acceptors (Lipinski definition) is 3. The van der Waals surface area contributed by atoms with Gasteiger partial charge in [0, 0.05) is 18.2 Å². The minimum atomic E-state index is -0.520. The van der Waals surface area contributed by atoms with Crippen LogP contribution in [0, 0.1) is 5.82 Å². The van der Waals surface area contributed by atoms with Crippen molar-refractivity contribution in [2.45, 2.75) is 24.8 Å². The smallest absolute Gasteiger partial charge is 0.230 e. The van der Waals surface area contributed by atoms with Crippen LogP contribution in [0.15, 0.2) is 42.5 Å². The van der Waals surface area contributed by atoms with Crippen LogP contribution >= 0.6 is 0 Å². The molecule has 0 spiro atoms. The van der Waals surface area contributed by atoms with E-state index in [0.29, 0.717) is 18.0 Å². The van der Waals surface area contributed by atoms with Gasteiger partial charge in [-0.2, -0.15) is 0 Å². The second-order valence-electron chi connectivity index (χ2n) is 5.95. The molecule has 0 radical (unpaired) electrons. The molecule has 0 saturated heterocycles. The molecule has 0 unspecified atom stereocenters. The van der Waals surface area contributed by atoms with Gasteiger partial charge in [-0.25, -0.2) is 4.39 Å². The standard InChI is InChI=1S/C19H20FNO3/c1-23-16-8-3-13(17(11-16)24-2)12-21-18(22)19(9-10-19)14-4-6-15(20)7-5-14/h3-8,11H,9-10,12H2,1-2H3,(H,21,22). The Hall–Kier alpha value is -2.56. The minimum Gasteiger partial charge on any atom is -0.497 e. The summed E-state index contributed by atoms with van der Waals surface area (Å²) < 4.78 is 23.6. The minimum absolute atomic E-state index is 0.0352. The predicted octanol–water partition coefficient (Wildman–Crippen LogP) is 3.19. The molecule has 0 heterocycles. The van der Waals surface area contributed by atoms with Crippen LogP contribution in [0.2, 0.25) is 0 Å². The summed E-state index contributed by atoms with van der Waals surface area (Å²) in [7, 11) is 3.18. The molecule has 0 bridgehead atoms. The molecular weight excluding hydrogens is 309 g/mol. The lowest BCUT2D eigenvalue weighted by atomic mass is 9.95. The molecule has 4 nitrogen and oxygen atoms in total. The fourth-order valence-corrected chi connectivity index (χ4v) is 2.88. The Morgan fingerprint density at radius 1 is 1.12 bits per heavy atom. The molecule has 126 valence electrons. The summed E-state index contributed by atoms with van der Waals surface area (Å²) in [6.45, 7) is 0.370. The maximum absolute atomic E-state index is 13.1. The van der Waals surface area contributed by atoms with Gasteiger partial charge in [-0.05, 0) is 42.7 Å². The first-order chi connectivity index (χ1) is 11.6. The number of halogens is 1. The van der Waals surface area contributed by atoms with Crippen molar-refractivity contribution in [3.63, 3.8) is 0 Å². The Labute approximate surface area is 140 Å². The second-order valence-corrected chi connectivity index (χ2v) is 5.95. The van der Waals surface area contributed by atoms with E-state index >= 15 is 0 Å². The number of benzene rings is 2. The van der Waals surface area contributed by atoms with E-state index in [2.05, 4.69) is 5.32 Å². The zero-order chi connectivity index (χ0) is 17.2. The summed E-state index contributed by atoms with van der Waals surface area (Å²) in [5, 5.41) is 2.97. The molecule has 1 fully saturated rings. The highest BCUT2D eigenvalue weighted by Gasteiger charge is 2.51. The molecule has 1 saturated carbocycles. The molecular formula is C19H20FNO3. The van der Waals surface area contributed by atoms with Gasteiger partial charge in [0.2, 0.25) is 5.91 Å². The number of nitrogens with one attached hydrogen (secondary N) is 1. The molecule has 1 N–H and O–H groups in total. The average Bonchev–Trinajstić information content (AvgIpc) is 3.42. The molecule has 2 aromatic carbocycles. The molecule has 0 aliphatic heterocycles. The topological polar surface area (TPSA) is 47.6 Å². The molecule has 3 rings (SSSR count). The monoisotopic (exact) mass is 329 g/mol. The van der Waals surface area contributed by atoms with Crippen molar-refractivity contribution in [1.29, 1.82) is 0 Å². The maximum Gasteiger partial charge on any atom is 0.230 e. The van der Waals surface area contributed by atoms with E-state index in [0.717, 1.165) is 24.0 Å². The second kappa shape index (κ2) is 6.51. The van der Waals surface area contributed by atoms with Crippen LogP contribution in [0.1, 0.15) is 24.0 Å². The van der Waals surface area contributed by atoms with Crippen LogP contribution in [0.3, 0.4) is 0 Å². The fraction of sp³-hybridized carbons (Fsp3) is 0.316. The lowest BCUT2D eigenvalue weighted by Gasteiger charge is -2.17. The van der Waals surface area contributed by atoms with Crippen LogP contribution in [-0.2, 0) is 16.8 Å². The first-order valence-electron chi connectivity index (χ1n) is 7.84. The van der Waals surface area contributed by atoms with Crippen molar-refractivity contribution in [3.05, 3.63) is 59.4 Å². The van der Waals surface area contributed by atoms with Gasteiger partial charge in [-0.15, -0.1) is 0 Å². The van der Waals surface area contributed by atoms with Crippen molar-refractivity contribution < 1.29 is 18.7 Å².